The Bertz CT molecular complexity index is 653. The standard InChI is InChI=1S/C15H16F3N3O/c16-15(17,18)11-4-2-1-3-10(11)14-20-7-8-21(14)12-5-6-19-9-13(12)22/h1-4,7-8,12-13,19,22H,5-6,9H2/t12-,13-/m0/s1. The number of imidazole rings is 1. The lowest BCUT2D eigenvalue weighted by molar-refractivity contribution is -0.137. The number of benzene rings is 1. The van der Waals surface area contributed by atoms with Crippen molar-refractivity contribution in [3.05, 3.63) is 42.2 Å². The number of rotatable bonds is 2. The summed E-state index contributed by atoms with van der Waals surface area (Å²) in [5, 5.41) is 13.2. The van der Waals surface area contributed by atoms with Crippen molar-refractivity contribution in [3.63, 3.8) is 0 Å². The zero-order valence-corrected chi connectivity index (χ0v) is 11.7. The van der Waals surface area contributed by atoms with Gasteiger partial charge in [-0.3, -0.25) is 0 Å². The van der Waals surface area contributed by atoms with Crippen molar-refractivity contribution in [1.82, 2.24) is 14.9 Å². The van der Waals surface area contributed by atoms with Crippen LogP contribution in [0.4, 0.5) is 13.2 Å². The quantitative estimate of drug-likeness (QED) is 0.896. The predicted molar refractivity (Wildman–Crippen MR) is 75.2 cm³/mol. The van der Waals surface area contributed by atoms with Gasteiger partial charge < -0.3 is 15.0 Å². The summed E-state index contributed by atoms with van der Waals surface area (Å²) < 4.78 is 41.2. The molecule has 4 nitrogen and oxygen atoms in total. The molecule has 1 aromatic heterocycles. The maximum absolute atomic E-state index is 13.2. The van der Waals surface area contributed by atoms with Crippen LogP contribution in [0.3, 0.4) is 0 Å². The highest BCUT2D eigenvalue weighted by molar-refractivity contribution is 5.62. The second-order valence-electron chi connectivity index (χ2n) is 5.33. The minimum absolute atomic E-state index is 0.0331. The van der Waals surface area contributed by atoms with Crippen molar-refractivity contribution < 1.29 is 18.3 Å². The van der Waals surface area contributed by atoms with Crippen molar-refractivity contribution >= 4 is 0 Å². The molecule has 2 N–H and O–H groups in total. The van der Waals surface area contributed by atoms with Gasteiger partial charge in [0.15, 0.2) is 0 Å². The predicted octanol–water partition coefficient (Wildman–Crippen LogP) is 2.46. The number of hydrogen-bond donors (Lipinski definition) is 2. The van der Waals surface area contributed by atoms with Crippen LogP contribution < -0.4 is 5.32 Å². The van der Waals surface area contributed by atoms with E-state index in [9.17, 15) is 18.3 Å². The fraction of sp³-hybridized carbons (Fsp3) is 0.400. The van der Waals surface area contributed by atoms with Crippen molar-refractivity contribution in [1.29, 1.82) is 0 Å². The molecule has 0 radical (unpaired) electrons. The van der Waals surface area contributed by atoms with Gasteiger partial charge in [-0.1, -0.05) is 18.2 Å². The molecule has 118 valence electrons. The fourth-order valence-corrected chi connectivity index (χ4v) is 2.87. The third-order valence-corrected chi connectivity index (χ3v) is 3.91. The number of aliphatic hydroxyl groups excluding tert-OH is 1. The normalized spacial score (nSPS) is 22.7. The van der Waals surface area contributed by atoms with Crippen LogP contribution in [-0.2, 0) is 6.18 Å². The summed E-state index contributed by atoms with van der Waals surface area (Å²) in [7, 11) is 0. The Balaban J connectivity index is 2.06. The Hall–Kier alpha value is -1.86. The van der Waals surface area contributed by atoms with Crippen LogP contribution in [0, 0.1) is 0 Å². The lowest BCUT2D eigenvalue weighted by Crippen LogP contribution is -2.41. The maximum atomic E-state index is 13.2. The molecule has 0 saturated carbocycles. The molecular weight excluding hydrogens is 295 g/mol. The van der Waals surface area contributed by atoms with E-state index in [4.69, 9.17) is 0 Å². The van der Waals surface area contributed by atoms with Crippen molar-refractivity contribution in [2.45, 2.75) is 24.7 Å². The molecule has 0 spiro atoms. The Morgan fingerprint density at radius 2 is 2.05 bits per heavy atom. The van der Waals surface area contributed by atoms with Crippen LogP contribution in [-0.4, -0.2) is 33.9 Å². The number of β-amino-alcohol motifs (C(OH)–C–C–N with tert-alkyl or cyclic N) is 1. The highest BCUT2D eigenvalue weighted by Crippen LogP contribution is 2.37. The minimum atomic E-state index is -4.44. The van der Waals surface area contributed by atoms with E-state index in [1.807, 2.05) is 0 Å². The minimum Gasteiger partial charge on any atom is -0.390 e. The van der Waals surface area contributed by atoms with Crippen LogP contribution in [0.5, 0.6) is 0 Å². The largest absolute Gasteiger partial charge is 0.417 e. The Kier molecular flexibility index (Phi) is 3.92. The van der Waals surface area contributed by atoms with E-state index in [2.05, 4.69) is 10.3 Å². The van der Waals surface area contributed by atoms with Gasteiger partial charge in [-0.2, -0.15) is 13.2 Å². The van der Waals surface area contributed by atoms with Gasteiger partial charge in [0.2, 0.25) is 0 Å². The van der Waals surface area contributed by atoms with Gasteiger partial charge in [0, 0.05) is 24.5 Å². The number of nitrogens with zero attached hydrogens (tertiary/aromatic N) is 2. The van der Waals surface area contributed by atoms with E-state index in [0.29, 0.717) is 19.5 Å². The zero-order valence-electron chi connectivity index (χ0n) is 11.7. The molecule has 0 unspecified atom stereocenters. The van der Waals surface area contributed by atoms with Crippen LogP contribution in [0.1, 0.15) is 18.0 Å². The van der Waals surface area contributed by atoms with E-state index < -0.39 is 17.8 Å². The first-order valence-corrected chi connectivity index (χ1v) is 7.06. The maximum Gasteiger partial charge on any atom is 0.417 e. The first kappa shape index (κ1) is 15.1. The monoisotopic (exact) mass is 311 g/mol. The average Bonchev–Trinajstić information content (AvgIpc) is 2.96. The molecule has 7 heteroatoms. The summed E-state index contributed by atoms with van der Waals surface area (Å²) in [5.74, 6) is 0.235. The Labute approximate surface area is 125 Å². The topological polar surface area (TPSA) is 50.1 Å². The Morgan fingerprint density at radius 3 is 2.77 bits per heavy atom. The number of alkyl halides is 3. The number of nitrogens with one attached hydrogen (secondary N) is 1. The molecule has 2 atom stereocenters. The second-order valence-corrected chi connectivity index (χ2v) is 5.33. The van der Waals surface area contributed by atoms with E-state index in [1.165, 1.54) is 18.3 Å². The van der Waals surface area contributed by atoms with Crippen LogP contribution in [0.2, 0.25) is 0 Å². The first-order chi connectivity index (χ1) is 10.5. The number of halogens is 3. The average molecular weight is 311 g/mol. The van der Waals surface area contributed by atoms with Crippen molar-refractivity contribution in [2.75, 3.05) is 13.1 Å². The molecule has 3 rings (SSSR count). The van der Waals surface area contributed by atoms with Gasteiger partial charge in [-0.05, 0) is 19.0 Å². The van der Waals surface area contributed by atoms with E-state index in [-0.39, 0.29) is 17.4 Å². The van der Waals surface area contributed by atoms with Gasteiger partial charge >= 0.3 is 6.18 Å². The van der Waals surface area contributed by atoms with Crippen molar-refractivity contribution in [3.8, 4) is 11.4 Å². The van der Waals surface area contributed by atoms with Crippen LogP contribution in [0.25, 0.3) is 11.4 Å². The number of piperidine rings is 1. The summed E-state index contributed by atoms with van der Waals surface area (Å²) >= 11 is 0. The fourth-order valence-electron chi connectivity index (χ4n) is 2.87. The third-order valence-electron chi connectivity index (χ3n) is 3.91. The summed E-state index contributed by atoms with van der Waals surface area (Å²) in [6, 6.07) is 5.10. The highest BCUT2D eigenvalue weighted by Gasteiger charge is 2.35. The third kappa shape index (κ3) is 2.74. The molecule has 1 saturated heterocycles. The summed E-state index contributed by atoms with van der Waals surface area (Å²) in [5.41, 5.74) is -0.684. The first-order valence-electron chi connectivity index (χ1n) is 7.06. The smallest absolute Gasteiger partial charge is 0.390 e. The Morgan fingerprint density at radius 1 is 1.27 bits per heavy atom. The van der Waals surface area contributed by atoms with Gasteiger partial charge in [-0.25, -0.2) is 4.98 Å². The zero-order chi connectivity index (χ0) is 15.7. The van der Waals surface area contributed by atoms with Gasteiger partial charge in [0.1, 0.15) is 5.82 Å². The number of aromatic nitrogens is 2. The van der Waals surface area contributed by atoms with Crippen molar-refractivity contribution in [2.24, 2.45) is 0 Å². The molecule has 0 aliphatic carbocycles. The molecule has 1 aliphatic rings. The molecule has 0 amide bonds. The van der Waals surface area contributed by atoms with Crippen LogP contribution >= 0.6 is 0 Å². The van der Waals surface area contributed by atoms with Gasteiger partial charge in [0.25, 0.3) is 0 Å². The molecule has 2 aromatic rings. The summed E-state index contributed by atoms with van der Waals surface area (Å²) in [6.07, 6.45) is -1.36. The summed E-state index contributed by atoms with van der Waals surface area (Å²) in [6.45, 7) is 1.13. The molecule has 1 fully saturated rings. The molecule has 0 bridgehead atoms. The number of aliphatic hydroxyl groups is 1. The van der Waals surface area contributed by atoms with Gasteiger partial charge in [0.05, 0.1) is 17.7 Å². The molecular formula is C15H16F3N3O. The van der Waals surface area contributed by atoms with Crippen LogP contribution in [0.15, 0.2) is 36.7 Å². The van der Waals surface area contributed by atoms with E-state index >= 15 is 0 Å². The lowest BCUT2D eigenvalue weighted by Gasteiger charge is -2.30. The molecule has 1 aliphatic heterocycles. The van der Waals surface area contributed by atoms with E-state index in [0.717, 1.165) is 6.07 Å². The summed E-state index contributed by atoms with van der Waals surface area (Å²) in [4.78, 5) is 4.10. The van der Waals surface area contributed by atoms with E-state index in [1.54, 1.807) is 16.8 Å². The second kappa shape index (κ2) is 5.73. The molecule has 1 aromatic carbocycles. The van der Waals surface area contributed by atoms with Gasteiger partial charge in [-0.15, -0.1) is 0 Å². The molecule has 22 heavy (non-hydrogen) atoms. The number of hydrogen-bond acceptors (Lipinski definition) is 3. The molecule has 2 heterocycles. The SMILES string of the molecule is O[C@H]1CNCC[C@@H]1n1ccnc1-c1ccccc1C(F)(F)F. The lowest BCUT2D eigenvalue weighted by atomic mass is 10.0. The highest BCUT2D eigenvalue weighted by atomic mass is 19.4.